The second-order valence-corrected chi connectivity index (χ2v) is 3.64. The molecule has 1 rings (SSSR count). The number of rotatable bonds is 4. The van der Waals surface area contributed by atoms with Gasteiger partial charge >= 0.3 is 0 Å². The lowest BCUT2D eigenvalue weighted by Gasteiger charge is -2.14. The summed E-state index contributed by atoms with van der Waals surface area (Å²) in [5, 5.41) is 0.635. The van der Waals surface area contributed by atoms with Crippen molar-refractivity contribution in [1.29, 1.82) is 0 Å². The molecule has 0 bridgehead atoms. The van der Waals surface area contributed by atoms with Crippen LogP contribution in [0, 0.1) is 0 Å². The summed E-state index contributed by atoms with van der Waals surface area (Å²) in [6.45, 7) is 2.11. The van der Waals surface area contributed by atoms with Crippen molar-refractivity contribution < 1.29 is 4.74 Å². The molecule has 0 amide bonds. The Hall–Kier alpha value is -0.440. The Kier molecular flexibility index (Phi) is 6.73. The van der Waals surface area contributed by atoms with Gasteiger partial charge in [0.2, 0.25) is 0 Å². The van der Waals surface area contributed by atoms with Gasteiger partial charge in [0.15, 0.2) is 0 Å². The molecule has 86 valence electrons. The fourth-order valence-electron chi connectivity index (χ4n) is 1.44. The highest BCUT2D eigenvalue weighted by Crippen LogP contribution is 2.32. The fraction of sp³-hybridized carbons (Fsp3) is 0.455. The Morgan fingerprint density at radius 3 is 2.67 bits per heavy atom. The highest BCUT2D eigenvalue weighted by Gasteiger charge is 2.12. The SMILES string of the molecule is CCCC(N)c1cccc(OC)c1Cl.Cl. The van der Waals surface area contributed by atoms with Gasteiger partial charge in [-0.2, -0.15) is 0 Å². The van der Waals surface area contributed by atoms with E-state index in [1.54, 1.807) is 7.11 Å². The highest BCUT2D eigenvalue weighted by molar-refractivity contribution is 6.32. The molecule has 0 aliphatic heterocycles. The standard InChI is InChI=1S/C11H16ClNO.ClH/c1-3-5-9(13)8-6-4-7-10(14-2)11(8)12;/h4,6-7,9H,3,5,13H2,1-2H3;1H. The van der Waals surface area contributed by atoms with Gasteiger partial charge in [-0.25, -0.2) is 0 Å². The van der Waals surface area contributed by atoms with E-state index >= 15 is 0 Å². The summed E-state index contributed by atoms with van der Waals surface area (Å²) in [5.41, 5.74) is 6.96. The molecule has 4 heteroatoms. The van der Waals surface area contributed by atoms with Crippen molar-refractivity contribution >= 4 is 24.0 Å². The van der Waals surface area contributed by atoms with Crippen LogP contribution >= 0.6 is 24.0 Å². The summed E-state index contributed by atoms with van der Waals surface area (Å²) >= 11 is 6.13. The maximum Gasteiger partial charge on any atom is 0.137 e. The summed E-state index contributed by atoms with van der Waals surface area (Å²) in [6, 6.07) is 5.70. The molecule has 1 aromatic rings. The molecule has 1 atom stereocenters. The number of ether oxygens (including phenoxy) is 1. The van der Waals surface area contributed by atoms with Crippen LogP contribution in [0.5, 0.6) is 5.75 Å². The summed E-state index contributed by atoms with van der Waals surface area (Å²) in [6.07, 6.45) is 1.99. The van der Waals surface area contributed by atoms with Crippen LogP contribution in [0.4, 0.5) is 0 Å². The van der Waals surface area contributed by atoms with E-state index in [1.165, 1.54) is 0 Å². The van der Waals surface area contributed by atoms with Crippen LogP contribution in [0.3, 0.4) is 0 Å². The van der Waals surface area contributed by atoms with Gasteiger partial charge in [0, 0.05) is 6.04 Å². The van der Waals surface area contributed by atoms with E-state index in [-0.39, 0.29) is 18.4 Å². The van der Waals surface area contributed by atoms with Crippen molar-refractivity contribution in [3.05, 3.63) is 28.8 Å². The Bertz CT molecular complexity index is 305. The van der Waals surface area contributed by atoms with Crippen LogP contribution in [0.1, 0.15) is 31.4 Å². The molecule has 0 heterocycles. The lowest BCUT2D eigenvalue weighted by Crippen LogP contribution is -2.10. The van der Waals surface area contributed by atoms with Gasteiger partial charge in [-0.1, -0.05) is 37.1 Å². The lowest BCUT2D eigenvalue weighted by molar-refractivity contribution is 0.414. The molecule has 0 radical (unpaired) electrons. The van der Waals surface area contributed by atoms with Gasteiger partial charge in [0.25, 0.3) is 0 Å². The second kappa shape index (κ2) is 6.94. The number of nitrogens with two attached hydrogens (primary N) is 1. The zero-order valence-corrected chi connectivity index (χ0v) is 10.6. The maximum atomic E-state index is 6.13. The average Bonchev–Trinajstić information content (AvgIpc) is 2.18. The molecule has 0 aliphatic rings. The fourth-order valence-corrected chi connectivity index (χ4v) is 1.78. The number of hydrogen-bond acceptors (Lipinski definition) is 2. The van der Waals surface area contributed by atoms with Gasteiger partial charge in [0.05, 0.1) is 12.1 Å². The van der Waals surface area contributed by atoms with E-state index in [0.717, 1.165) is 18.4 Å². The smallest absolute Gasteiger partial charge is 0.137 e. The maximum absolute atomic E-state index is 6.13. The van der Waals surface area contributed by atoms with Gasteiger partial charge in [-0.15, -0.1) is 12.4 Å². The quantitative estimate of drug-likeness (QED) is 0.886. The van der Waals surface area contributed by atoms with Crippen molar-refractivity contribution in [2.75, 3.05) is 7.11 Å². The zero-order chi connectivity index (χ0) is 10.6. The summed E-state index contributed by atoms with van der Waals surface area (Å²) < 4.78 is 5.13. The third-order valence-electron chi connectivity index (χ3n) is 2.21. The van der Waals surface area contributed by atoms with E-state index in [9.17, 15) is 0 Å². The molecule has 0 saturated heterocycles. The third-order valence-corrected chi connectivity index (χ3v) is 2.62. The minimum atomic E-state index is 0. The summed E-state index contributed by atoms with van der Waals surface area (Å²) in [5.74, 6) is 0.690. The Balaban J connectivity index is 0.00000196. The van der Waals surface area contributed by atoms with Crippen LogP contribution in [-0.2, 0) is 0 Å². The minimum Gasteiger partial charge on any atom is -0.495 e. The Labute approximate surface area is 102 Å². The molecule has 0 aromatic heterocycles. The average molecular weight is 250 g/mol. The molecule has 1 aromatic carbocycles. The lowest BCUT2D eigenvalue weighted by atomic mass is 10.0. The first kappa shape index (κ1) is 14.6. The van der Waals surface area contributed by atoms with Crippen molar-refractivity contribution in [3.8, 4) is 5.75 Å². The molecule has 2 nitrogen and oxygen atoms in total. The zero-order valence-electron chi connectivity index (χ0n) is 9.00. The van der Waals surface area contributed by atoms with Crippen molar-refractivity contribution in [1.82, 2.24) is 0 Å². The molecule has 0 spiro atoms. The van der Waals surface area contributed by atoms with Crippen LogP contribution in [0.25, 0.3) is 0 Å². The predicted molar refractivity (Wildman–Crippen MR) is 67.1 cm³/mol. The third kappa shape index (κ3) is 3.56. The molecule has 0 fully saturated rings. The van der Waals surface area contributed by atoms with E-state index in [4.69, 9.17) is 22.1 Å². The first-order chi connectivity index (χ1) is 6.70. The molecular weight excluding hydrogens is 233 g/mol. The first-order valence-electron chi connectivity index (χ1n) is 4.78. The first-order valence-corrected chi connectivity index (χ1v) is 5.16. The van der Waals surface area contributed by atoms with E-state index < -0.39 is 0 Å². The Morgan fingerprint density at radius 2 is 2.13 bits per heavy atom. The van der Waals surface area contributed by atoms with Crippen molar-refractivity contribution in [2.24, 2.45) is 5.73 Å². The number of benzene rings is 1. The number of methoxy groups -OCH3 is 1. The summed E-state index contributed by atoms with van der Waals surface area (Å²) in [4.78, 5) is 0. The summed E-state index contributed by atoms with van der Waals surface area (Å²) in [7, 11) is 1.61. The number of hydrogen-bond donors (Lipinski definition) is 1. The molecule has 0 aliphatic carbocycles. The minimum absolute atomic E-state index is 0. The Morgan fingerprint density at radius 1 is 1.47 bits per heavy atom. The largest absolute Gasteiger partial charge is 0.495 e. The molecular formula is C11H17Cl2NO. The molecule has 1 unspecified atom stereocenters. The van der Waals surface area contributed by atoms with Crippen LogP contribution in [-0.4, -0.2) is 7.11 Å². The molecule has 0 saturated carbocycles. The van der Waals surface area contributed by atoms with Gasteiger partial charge in [-0.3, -0.25) is 0 Å². The van der Waals surface area contributed by atoms with Gasteiger partial charge in [0.1, 0.15) is 5.75 Å². The van der Waals surface area contributed by atoms with Crippen LogP contribution in [0.2, 0.25) is 5.02 Å². The van der Waals surface area contributed by atoms with Gasteiger partial charge < -0.3 is 10.5 Å². The predicted octanol–water partition coefficient (Wildman–Crippen LogP) is 3.57. The van der Waals surface area contributed by atoms with Gasteiger partial charge in [-0.05, 0) is 18.1 Å². The topological polar surface area (TPSA) is 35.2 Å². The van der Waals surface area contributed by atoms with E-state index in [1.807, 2.05) is 18.2 Å². The molecule has 2 N–H and O–H groups in total. The number of halogens is 2. The van der Waals surface area contributed by atoms with E-state index in [0.29, 0.717) is 10.8 Å². The van der Waals surface area contributed by atoms with Crippen molar-refractivity contribution in [3.63, 3.8) is 0 Å². The van der Waals surface area contributed by atoms with Crippen molar-refractivity contribution in [2.45, 2.75) is 25.8 Å². The molecule has 15 heavy (non-hydrogen) atoms. The van der Waals surface area contributed by atoms with Crippen LogP contribution in [0.15, 0.2) is 18.2 Å². The normalized spacial score (nSPS) is 11.7. The highest BCUT2D eigenvalue weighted by atomic mass is 35.5. The van der Waals surface area contributed by atoms with Crippen LogP contribution < -0.4 is 10.5 Å². The monoisotopic (exact) mass is 249 g/mol. The second-order valence-electron chi connectivity index (χ2n) is 3.26. The van der Waals surface area contributed by atoms with E-state index in [2.05, 4.69) is 6.92 Å².